The van der Waals surface area contributed by atoms with E-state index in [4.69, 9.17) is 10.00 Å². The largest absolute Gasteiger partial charge is 0.477 e. The van der Waals surface area contributed by atoms with Crippen molar-refractivity contribution in [1.82, 2.24) is 10.3 Å². The van der Waals surface area contributed by atoms with Crippen molar-refractivity contribution < 1.29 is 4.74 Å². The van der Waals surface area contributed by atoms with Crippen molar-refractivity contribution in [2.24, 2.45) is 0 Å². The van der Waals surface area contributed by atoms with E-state index in [9.17, 15) is 0 Å². The van der Waals surface area contributed by atoms with Gasteiger partial charge in [0.25, 0.3) is 0 Å². The molecule has 0 saturated heterocycles. The normalized spacial score (nSPS) is 10.3. The Morgan fingerprint density at radius 2 is 2.29 bits per heavy atom. The lowest BCUT2D eigenvalue weighted by atomic mass is 10.2. The second-order valence-electron chi connectivity index (χ2n) is 4.23. The smallest absolute Gasteiger partial charge is 0.231 e. The van der Waals surface area contributed by atoms with Crippen LogP contribution in [0.2, 0.25) is 0 Å². The highest BCUT2D eigenvalue weighted by Gasteiger charge is 2.07. The molecular weight excluding hydrogens is 214 g/mol. The molecule has 0 aromatic carbocycles. The van der Waals surface area contributed by atoms with E-state index in [0.29, 0.717) is 24.1 Å². The van der Waals surface area contributed by atoms with Gasteiger partial charge in [-0.3, -0.25) is 0 Å². The van der Waals surface area contributed by atoms with Gasteiger partial charge in [0.05, 0.1) is 6.61 Å². The SMILES string of the molecule is Cc1ccnc(OCCCNC(C)C)c1C#N. The molecule has 1 rings (SSSR count). The van der Waals surface area contributed by atoms with Crippen LogP contribution in [0.1, 0.15) is 31.4 Å². The number of nitrogens with zero attached hydrogens (tertiary/aromatic N) is 2. The zero-order chi connectivity index (χ0) is 12.7. The molecule has 92 valence electrons. The lowest BCUT2D eigenvalue weighted by Gasteiger charge is -2.10. The van der Waals surface area contributed by atoms with Gasteiger partial charge in [0.2, 0.25) is 5.88 Å². The van der Waals surface area contributed by atoms with E-state index in [-0.39, 0.29) is 0 Å². The van der Waals surface area contributed by atoms with E-state index < -0.39 is 0 Å². The second-order valence-corrected chi connectivity index (χ2v) is 4.23. The lowest BCUT2D eigenvalue weighted by molar-refractivity contribution is 0.294. The van der Waals surface area contributed by atoms with Crippen LogP contribution in [0, 0.1) is 18.3 Å². The Hall–Kier alpha value is -1.60. The number of aromatic nitrogens is 1. The molecule has 17 heavy (non-hydrogen) atoms. The third-order valence-electron chi connectivity index (χ3n) is 2.35. The van der Waals surface area contributed by atoms with Crippen LogP contribution in [0.25, 0.3) is 0 Å². The summed E-state index contributed by atoms with van der Waals surface area (Å²) >= 11 is 0. The quantitative estimate of drug-likeness (QED) is 0.764. The zero-order valence-corrected chi connectivity index (χ0v) is 10.7. The molecule has 1 aromatic rings. The van der Waals surface area contributed by atoms with Crippen molar-refractivity contribution >= 4 is 0 Å². The minimum absolute atomic E-state index is 0.442. The molecule has 0 bridgehead atoms. The van der Waals surface area contributed by atoms with Crippen molar-refractivity contribution in [2.45, 2.75) is 33.2 Å². The zero-order valence-electron chi connectivity index (χ0n) is 10.7. The Kier molecular flexibility index (Phi) is 5.44. The van der Waals surface area contributed by atoms with Crippen LogP contribution in [0.4, 0.5) is 0 Å². The van der Waals surface area contributed by atoms with Crippen LogP contribution in [0.15, 0.2) is 12.3 Å². The minimum atomic E-state index is 0.442. The van der Waals surface area contributed by atoms with Crippen molar-refractivity contribution in [3.05, 3.63) is 23.4 Å². The number of rotatable bonds is 6. The molecule has 1 N–H and O–H groups in total. The maximum Gasteiger partial charge on any atom is 0.231 e. The Morgan fingerprint density at radius 1 is 1.53 bits per heavy atom. The summed E-state index contributed by atoms with van der Waals surface area (Å²) in [4.78, 5) is 4.08. The fraction of sp³-hybridized carbons (Fsp3) is 0.538. The van der Waals surface area contributed by atoms with Crippen molar-refractivity contribution in [3.63, 3.8) is 0 Å². The van der Waals surface area contributed by atoms with Crippen LogP contribution < -0.4 is 10.1 Å². The molecule has 0 radical (unpaired) electrons. The van der Waals surface area contributed by atoms with Crippen LogP contribution in [0.5, 0.6) is 5.88 Å². The van der Waals surface area contributed by atoms with Gasteiger partial charge in [0, 0.05) is 12.2 Å². The molecule has 0 saturated carbocycles. The van der Waals surface area contributed by atoms with Gasteiger partial charge in [-0.25, -0.2) is 4.98 Å². The molecule has 0 aliphatic heterocycles. The lowest BCUT2D eigenvalue weighted by Crippen LogP contribution is -2.24. The summed E-state index contributed by atoms with van der Waals surface area (Å²) in [7, 11) is 0. The first-order chi connectivity index (χ1) is 8.15. The molecule has 1 aromatic heterocycles. The summed E-state index contributed by atoms with van der Waals surface area (Å²) < 4.78 is 5.52. The van der Waals surface area contributed by atoms with Gasteiger partial charge >= 0.3 is 0 Å². The first-order valence-electron chi connectivity index (χ1n) is 5.87. The molecule has 4 nitrogen and oxygen atoms in total. The number of hydrogen-bond acceptors (Lipinski definition) is 4. The van der Waals surface area contributed by atoms with Gasteiger partial charge in [0.1, 0.15) is 11.6 Å². The number of nitrogens with one attached hydrogen (secondary N) is 1. The maximum absolute atomic E-state index is 8.99. The summed E-state index contributed by atoms with van der Waals surface area (Å²) in [6.45, 7) is 7.58. The van der Waals surface area contributed by atoms with Crippen LogP contribution in [-0.2, 0) is 0 Å². The maximum atomic E-state index is 8.99. The van der Waals surface area contributed by atoms with Crippen LogP contribution in [-0.4, -0.2) is 24.2 Å². The molecule has 0 spiro atoms. The van der Waals surface area contributed by atoms with E-state index in [2.05, 4.69) is 30.2 Å². The van der Waals surface area contributed by atoms with E-state index in [1.807, 2.05) is 13.0 Å². The number of pyridine rings is 1. The molecule has 0 aliphatic carbocycles. The summed E-state index contributed by atoms with van der Waals surface area (Å²) in [6, 6.07) is 4.42. The fourth-order valence-corrected chi connectivity index (χ4v) is 1.41. The molecule has 4 heteroatoms. The molecule has 0 unspecified atom stereocenters. The third-order valence-corrected chi connectivity index (χ3v) is 2.35. The molecule has 1 heterocycles. The average Bonchev–Trinajstić information content (AvgIpc) is 2.28. The van der Waals surface area contributed by atoms with Gasteiger partial charge in [-0.1, -0.05) is 13.8 Å². The van der Waals surface area contributed by atoms with E-state index in [0.717, 1.165) is 18.5 Å². The van der Waals surface area contributed by atoms with E-state index in [1.54, 1.807) is 6.20 Å². The Balaban J connectivity index is 2.42. The number of aryl methyl sites for hydroxylation is 1. The van der Waals surface area contributed by atoms with Crippen molar-refractivity contribution in [2.75, 3.05) is 13.2 Å². The predicted molar refractivity (Wildman–Crippen MR) is 66.9 cm³/mol. The Bertz CT molecular complexity index is 396. The monoisotopic (exact) mass is 233 g/mol. The number of hydrogen-bond donors (Lipinski definition) is 1. The van der Waals surface area contributed by atoms with Crippen molar-refractivity contribution in [3.8, 4) is 11.9 Å². The summed E-state index contributed by atoms with van der Waals surface area (Å²) in [5.41, 5.74) is 1.43. The highest BCUT2D eigenvalue weighted by molar-refractivity contribution is 5.43. The first-order valence-corrected chi connectivity index (χ1v) is 5.87. The van der Waals surface area contributed by atoms with Crippen LogP contribution in [0.3, 0.4) is 0 Å². The molecule has 0 amide bonds. The standard InChI is InChI=1S/C13H19N3O/c1-10(2)15-6-4-8-17-13-12(9-14)11(3)5-7-16-13/h5,7,10,15H,4,6,8H2,1-3H3. The Labute approximate surface area is 103 Å². The topological polar surface area (TPSA) is 57.9 Å². The molecule has 0 fully saturated rings. The van der Waals surface area contributed by atoms with E-state index >= 15 is 0 Å². The second kappa shape index (κ2) is 6.87. The summed E-state index contributed by atoms with van der Waals surface area (Å²) in [5, 5.41) is 12.3. The van der Waals surface area contributed by atoms with Gasteiger partial charge in [-0.15, -0.1) is 0 Å². The van der Waals surface area contributed by atoms with Gasteiger partial charge in [-0.05, 0) is 31.5 Å². The number of nitriles is 1. The van der Waals surface area contributed by atoms with Crippen LogP contribution >= 0.6 is 0 Å². The first kappa shape index (κ1) is 13.5. The molecule has 0 atom stereocenters. The van der Waals surface area contributed by atoms with Gasteiger partial charge < -0.3 is 10.1 Å². The highest BCUT2D eigenvalue weighted by atomic mass is 16.5. The Morgan fingerprint density at radius 3 is 2.94 bits per heavy atom. The predicted octanol–water partition coefficient (Wildman–Crippen LogP) is 2.03. The van der Waals surface area contributed by atoms with Gasteiger partial charge in [-0.2, -0.15) is 5.26 Å². The van der Waals surface area contributed by atoms with E-state index in [1.165, 1.54) is 0 Å². The molecular formula is C13H19N3O. The average molecular weight is 233 g/mol. The summed E-state index contributed by atoms with van der Waals surface area (Å²) in [6.07, 6.45) is 2.57. The van der Waals surface area contributed by atoms with Crippen molar-refractivity contribution in [1.29, 1.82) is 5.26 Å². The fourth-order valence-electron chi connectivity index (χ4n) is 1.41. The number of ether oxygens (including phenoxy) is 1. The van der Waals surface area contributed by atoms with Gasteiger partial charge in [0.15, 0.2) is 0 Å². The highest BCUT2D eigenvalue weighted by Crippen LogP contribution is 2.17. The molecule has 0 aliphatic rings. The third kappa shape index (κ3) is 4.41. The minimum Gasteiger partial charge on any atom is -0.477 e. The summed E-state index contributed by atoms with van der Waals surface area (Å²) in [5.74, 6) is 0.442.